The summed E-state index contributed by atoms with van der Waals surface area (Å²) in [6.45, 7) is 6.55. The Morgan fingerprint density at radius 3 is 2.70 bits per heavy atom. The molecule has 1 unspecified atom stereocenters. The maximum absolute atomic E-state index is 11.7. The van der Waals surface area contributed by atoms with Crippen molar-refractivity contribution < 1.29 is 9.53 Å². The fourth-order valence-corrected chi connectivity index (χ4v) is 3.07. The van der Waals surface area contributed by atoms with Crippen molar-refractivity contribution in [3.05, 3.63) is 10.9 Å². The minimum atomic E-state index is -0.330. The summed E-state index contributed by atoms with van der Waals surface area (Å²) >= 11 is 1.38. The van der Waals surface area contributed by atoms with Gasteiger partial charge >= 0.3 is 5.97 Å². The average Bonchev–Trinajstić information content (AvgIpc) is 2.77. The Hall–Kier alpha value is -1.23. The Morgan fingerprint density at radius 2 is 2.10 bits per heavy atom. The van der Waals surface area contributed by atoms with Gasteiger partial charge in [-0.05, 0) is 25.8 Å². The summed E-state index contributed by atoms with van der Waals surface area (Å²) in [6.07, 6.45) is 5.84. The summed E-state index contributed by atoms with van der Waals surface area (Å²) in [6, 6.07) is 2.29. The molecule has 0 bridgehead atoms. The van der Waals surface area contributed by atoms with Crippen LogP contribution in [0.3, 0.4) is 0 Å². The molecular formula is C15H26N2O2S. The van der Waals surface area contributed by atoms with Crippen LogP contribution in [-0.4, -0.2) is 18.6 Å². The Morgan fingerprint density at radius 1 is 1.35 bits per heavy atom. The third-order valence-electron chi connectivity index (χ3n) is 3.11. The lowest BCUT2D eigenvalue weighted by Crippen LogP contribution is -2.18. The van der Waals surface area contributed by atoms with Crippen LogP contribution >= 0.6 is 11.3 Å². The van der Waals surface area contributed by atoms with Gasteiger partial charge in [0.25, 0.3) is 0 Å². The zero-order chi connectivity index (χ0) is 15.0. The first-order valence-corrected chi connectivity index (χ1v) is 8.26. The number of nitrogen functional groups attached to an aromatic ring is 1. The molecule has 3 N–H and O–H groups in total. The molecule has 5 heteroatoms. The molecule has 1 aromatic rings. The predicted molar refractivity (Wildman–Crippen MR) is 86.5 cm³/mol. The Labute approximate surface area is 125 Å². The SMILES string of the molecule is CCCCC(CCC)Nc1cc(N)c(C(=O)OCC)s1. The van der Waals surface area contributed by atoms with E-state index in [-0.39, 0.29) is 5.97 Å². The van der Waals surface area contributed by atoms with E-state index in [1.54, 1.807) is 6.92 Å². The van der Waals surface area contributed by atoms with E-state index in [1.165, 1.54) is 24.2 Å². The normalized spacial score (nSPS) is 12.2. The highest BCUT2D eigenvalue weighted by molar-refractivity contribution is 7.18. The summed E-state index contributed by atoms with van der Waals surface area (Å²) in [5, 5.41) is 4.46. The molecule has 1 atom stereocenters. The van der Waals surface area contributed by atoms with E-state index >= 15 is 0 Å². The maximum atomic E-state index is 11.7. The molecule has 0 aromatic carbocycles. The molecule has 0 amide bonds. The minimum Gasteiger partial charge on any atom is -0.462 e. The summed E-state index contributed by atoms with van der Waals surface area (Å²) < 4.78 is 5.00. The highest BCUT2D eigenvalue weighted by atomic mass is 32.1. The van der Waals surface area contributed by atoms with Crippen molar-refractivity contribution in [2.24, 2.45) is 0 Å². The largest absolute Gasteiger partial charge is 0.462 e. The van der Waals surface area contributed by atoms with Gasteiger partial charge < -0.3 is 15.8 Å². The fourth-order valence-electron chi connectivity index (χ4n) is 2.12. The third-order valence-corrected chi connectivity index (χ3v) is 4.17. The summed E-state index contributed by atoms with van der Waals surface area (Å²) in [5.74, 6) is -0.330. The molecule has 0 saturated carbocycles. The lowest BCUT2D eigenvalue weighted by atomic mass is 10.1. The molecule has 0 aliphatic carbocycles. The zero-order valence-corrected chi connectivity index (χ0v) is 13.5. The van der Waals surface area contributed by atoms with Gasteiger partial charge in [-0.3, -0.25) is 0 Å². The minimum absolute atomic E-state index is 0.330. The highest BCUT2D eigenvalue weighted by Crippen LogP contribution is 2.31. The monoisotopic (exact) mass is 298 g/mol. The lowest BCUT2D eigenvalue weighted by molar-refractivity contribution is 0.0533. The molecule has 0 fully saturated rings. The molecular weight excluding hydrogens is 272 g/mol. The second-order valence-corrected chi connectivity index (χ2v) is 5.94. The van der Waals surface area contributed by atoms with Gasteiger partial charge in [-0.15, -0.1) is 11.3 Å². The van der Waals surface area contributed by atoms with Crippen LogP contribution in [0.4, 0.5) is 10.7 Å². The zero-order valence-electron chi connectivity index (χ0n) is 12.7. The Kier molecular flexibility index (Phi) is 7.44. The first-order valence-electron chi connectivity index (χ1n) is 7.45. The third kappa shape index (κ3) is 5.04. The lowest BCUT2D eigenvalue weighted by Gasteiger charge is -2.17. The first kappa shape index (κ1) is 16.8. The van der Waals surface area contributed by atoms with Gasteiger partial charge in [-0.25, -0.2) is 4.79 Å². The smallest absolute Gasteiger partial charge is 0.350 e. The van der Waals surface area contributed by atoms with Crippen molar-refractivity contribution in [1.29, 1.82) is 0 Å². The van der Waals surface area contributed by atoms with Crippen molar-refractivity contribution in [2.75, 3.05) is 17.7 Å². The quantitative estimate of drug-likeness (QED) is 0.668. The molecule has 0 aliphatic heterocycles. The van der Waals surface area contributed by atoms with Crippen molar-refractivity contribution in [1.82, 2.24) is 0 Å². The number of nitrogens with two attached hydrogens (primary N) is 1. The number of ether oxygens (including phenoxy) is 1. The second-order valence-electron chi connectivity index (χ2n) is 4.89. The number of hydrogen-bond donors (Lipinski definition) is 2. The highest BCUT2D eigenvalue weighted by Gasteiger charge is 2.17. The standard InChI is InChI=1S/C15H26N2O2S/c1-4-7-9-11(8-5-2)17-13-10-12(16)14(20-13)15(18)19-6-3/h10-11,17H,4-9,16H2,1-3H3. The van der Waals surface area contributed by atoms with Gasteiger partial charge in [-0.1, -0.05) is 33.1 Å². The van der Waals surface area contributed by atoms with E-state index in [9.17, 15) is 4.79 Å². The van der Waals surface area contributed by atoms with Crippen LogP contribution in [0.25, 0.3) is 0 Å². The van der Waals surface area contributed by atoms with Crippen LogP contribution in [0.2, 0.25) is 0 Å². The number of carbonyl (C=O) groups is 1. The molecule has 0 saturated heterocycles. The van der Waals surface area contributed by atoms with Crippen LogP contribution < -0.4 is 11.1 Å². The fraction of sp³-hybridized carbons (Fsp3) is 0.667. The van der Waals surface area contributed by atoms with Crippen molar-refractivity contribution in [3.63, 3.8) is 0 Å². The van der Waals surface area contributed by atoms with E-state index in [0.29, 0.717) is 23.2 Å². The van der Waals surface area contributed by atoms with E-state index in [1.807, 2.05) is 6.07 Å². The number of carbonyl (C=O) groups excluding carboxylic acids is 1. The summed E-state index contributed by atoms with van der Waals surface area (Å²) in [4.78, 5) is 12.2. The van der Waals surface area contributed by atoms with Gasteiger partial charge in [-0.2, -0.15) is 0 Å². The van der Waals surface area contributed by atoms with E-state index in [0.717, 1.165) is 24.3 Å². The van der Waals surface area contributed by atoms with E-state index in [4.69, 9.17) is 10.5 Å². The number of hydrogen-bond acceptors (Lipinski definition) is 5. The number of thiophene rings is 1. The van der Waals surface area contributed by atoms with Crippen molar-refractivity contribution >= 4 is 28.0 Å². The predicted octanol–water partition coefficient (Wildman–Crippen LogP) is 4.28. The van der Waals surface area contributed by atoms with E-state index < -0.39 is 0 Å². The molecule has 20 heavy (non-hydrogen) atoms. The molecule has 1 aromatic heterocycles. The summed E-state index contributed by atoms with van der Waals surface area (Å²) in [7, 11) is 0. The van der Waals surface area contributed by atoms with Crippen LogP contribution in [0.15, 0.2) is 6.07 Å². The van der Waals surface area contributed by atoms with Crippen LogP contribution in [0.5, 0.6) is 0 Å². The molecule has 0 spiro atoms. The molecule has 1 rings (SSSR count). The van der Waals surface area contributed by atoms with Crippen LogP contribution in [0, 0.1) is 0 Å². The number of unbranched alkanes of at least 4 members (excludes halogenated alkanes) is 1. The Bertz CT molecular complexity index is 418. The van der Waals surface area contributed by atoms with Crippen molar-refractivity contribution in [3.8, 4) is 0 Å². The van der Waals surface area contributed by atoms with Crippen LogP contribution in [0.1, 0.15) is 62.5 Å². The number of rotatable bonds is 9. The average molecular weight is 298 g/mol. The maximum Gasteiger partial charge on any atom is 0.350 e. The van der Waals surface area contributed by atoms with Crippen molar-refractivity contribution in [2.45, 2.75) is 58.9 Å². The van der Waals surface area contributed by atoms with Gasteiger partial charge in [0.2, 0.25) is 0 Å². The van der Waals surface area contributed by atoms with Gasteiger partial charge in [0.05, 0.1) is 17.3 Å². The van der Waals surface area contributed by atoms with Gasteiger partial charge in [0, 0.05) is 6.04 Å². The number of nitrogens with one attached hydrogen (secondary N) is 1. The molecule has 114 valence electrons. The first-order chi connectivity index (χ1) is 9.62. The topological polar surface area (TPSA) is 64.3 Å². The van der Waals surface area contributed by atoms with Crippen LogP contribution in [-0.2, 0) is 4.74 Å². The molecule has 1 heterocycles. The molecule has 4 nitrogen and oxygen atoms in total. The molecule has 0 aliphatic rings. The summed E-state index contributed by atoms with van der Waals surface area (Å²) in [5.41, 5.74) is 6.39. The Balaban J connectivity index is 2.70. The number of anilines is 2. The van der Waals surface area contributed by atoms with Gasteiger partial charge in [0.15, 0.2) is 0 Å². The number of esters is 1. The van der Waals surface area contributed by atoms with E-state index in [2.05, 4.69) is 19.2 Å². The van der Waals surface area contributed by atoms with Gasteiger partial charge in [0.1, 0.15) is 4.88 Å². The molecule has 0 radical (unpaired) electrons. The second kappa shape index (κ2) is 8.84.